The zero-order valence-corrected chi connectivity index (χ0v) is 16.6. The second kappa shape index (κ2) is 8.30. The van der Waals surface area contributed by atoms with Crippen molar-refractivity contribution in [3.8, 4) is 11.5 Å². The molecule has 0 radical (unpaired) electrons. The van der Waals surface area contributed by atoms with Crippen molar-refractivity contribution in [2.75, 3.05) is 33.3 Å². The summed E-state index contributed by atoms with van der Waals surface area (Å²) in [4.78, 5) is 28.2. The van der Waals surface area contributed by atoms with Crippen LogP contribution in [0.3, 0.4) is 0 Å². The summed E-state index contributed by atoms with van der Waals surface area (Å²) in [7, 11) is 1.65. The first-order valence-electron chi connectivity index (χ1n) is 9.73. The van der Waals surface area contributed by atoms with Gasteiger partial charge < -0.3 is 9.47 Å². The fourth-order valence-electron chi connectivity index (χ4n) is 3.91. The van der Waals surface area contributed by atoms with Crippen molar-refractivity contribution < 1.29 is 19.1 Å². The molecule has 2 saturated heterocycles. The number of nitrogens with zero attached hydrogens (tertiary/aromatic N) is 2. The Morgan fingerprint density at radius 1 is 1.07 bits per heavy atom. The predicted octanol–water partition coefficient (Wildman–Crippen LogP) is 2.71. The van der Waals surface area contributed by atoms with E-state index in [-0.39, 0.29) is 23.3 Å². The van der Waals surface area contributed by atoms with E-state index in [4.69, 9.17) is 9.47 Å². The molecule has 1 aromatic rings. The van der Waals surface area contributed by atoms with E-state index in [0.29, 0.717) is 19.4 Å². The Hall–Kier alpha value is -2.08. The number of methoxy groups -OCH3 is 1. The first kappa shape index (κ1) is 19.7. The zero-order chi connectivity index (χ0) is 19.4. The lowest BCUT2D eigenvalue weighted by molar-refractivity contribution is -0.152. The average molecular weight is 374 g/mol. The van der Waals surface area contributed by atoms with E-state index >= 15 is 0 Å². The highest BCUT2D eigenvalue weighted by molar-refractivity contribution is 5.98. The van der Waals surface area contributed by atoms with E-state index in [1.807, 2.05) is 38.1 Å². The second-order valence-electron chi connectivity index (χ2n) is 8.29. The van der Waals surface area contributed by atoms with Gasteiger partial charge in [-0.25, -0.2) is 0 Å². The molecule has 1 unspecified atom stereocenters. The van der Waals surface area contributed by atoms with Crippen LogP contribution >= 0.6 is 0 Å². The van der Waals surface area contributed by atoms with Crippen LogP contribution in [0, 0.1) is 5.41 Å². The molecule has 0 aromatic heterocycles. The molecule has 2 heterocycles. The smallest absolute Gasteiger partial charge is 0.229 e. The Morgan fingerprint density at radius 2 is 1.74 bits per heavy atom. The third-order valence-electron chi connectivity index (χ3n) is 5.31. The molecule has 1 aromatic carbocycles. The van der Waals surface area contributed by atoms with Crippen LogP contribution in [-0.2, 0) is 9.59 Å². The molecule has 2 fully saturated rings. The minimum atomic E-state index is -0.206. The number of rotatable bonds is 7. The van der Waals surface area contributed by atoms with Crippen LogP contribution in [-0.4, -0.2) is 61.0 Å². The zero-order valence-electron chi connectivity index (χ0n) is 16.6. The summed E-state index contributed by atoms with van der Waals surface area (Å²) in [6.45, 7) is 7.16. The van der Waals surface area contributed by atoms with Crippen molar-refractivity contribution in [2.24, 2.45) is 5.41 Å². The van der Waals surface area contributed by atoms with Crippen molar-refractivity contribution in [1.82, 2.24) is 9.80 Å². The Bertz CT molecular complexity index is 669. The number of carbonyl (C=O) groups excluding carboxylic acids is 2. The van der Waals surface area contributed by atoms with E-state index in [2.05, 4.69) is 4.90 Å². The Balaban J connectivity index is 1.43. The topological polar surface area (TPSA) is 59.1 Å². The number of para-hydroxylation sites is 2. The summed E-state index contributed by atoms with van der Waals surface area (Å²) in [5.74, 6) is 1.46. The third kappa shape index (κ3) is 5.01. The minimum absolute atomic E-state index is 0.0324. The molecule has 2 amide bonds. The number of hydrogen-bond acceptors (Lipinski definition) is 5. The number of likely N-dealkylation sites (tertiary alicyclic amines) is 2. The van der Waals surface area contributed by atoms with Gasteiger partial charge in [-0.3, -0.25) is 19.4 Å². The van der Waals surface area contributed by atoms with Crippen LogP contribution in [0.15, 0.2) is 24.3 Å². The first-order valence-corrected chi connectivity index (χ1v) is 9.73. The molecule has 0 bridgehead atoms. The molecule has 2 aliphatic rings. The van der Waals surface area contributed by atoms with Gasteiger partial charge in [0.25, 0.3) is 0 Å². The average Bonchev–Trinajstić information content (AvgIpc) is 3.04. The first-order chi connectivity index (χ1) is 12.9. The predicted molar refractivity (Wildman–Crippen MR) is 103 cm³/mol. The maximum Gasteiger partial charge on any atom is 0.229 e. The van der Waals surface area contributed by atoms with E-state index in [0.717, 1.165) is 44.0 Å². The van der Waals surface area contributed by atoms with Gasteiger partial charge in [-0.05, 0) is 36.9 Å². The van der Waals surface area contributed by atoms with Crippen molar-refractivity contribution in [1.29, 1.82) is 0 Å². The Kier molecular flexibility index (Phi) is 6.05. The van der Waals surface area contributed by atoms with E-state index in [1.54, 1.807) is 7.11 Å². The molecule has 27 heavy (non-hydrogen) atoms. The van der Waals surface area contributed by atoms with Gasteiger partial charge in [0.2, 0.25) is 11.8 Å². The lowest BCUT2D eigenvalue weighted by Gasteiger charge is -2.34. The van der Waals surface area contributed by atoms with Crippen molar-refractivity contribution in [2.45, 2.75) is 45.6 Å². The van der Waals surface area contributed by atoms with Crippen LogP contribution in [0.2, 0.25) is 0 Å². The Morgan fingerprint density at radius 3 is 2.41 bits per heavy atom. The number of carbonyl (C=O) groups is 2. The van der Waals surface area contributed by atoms with Crippen molar-refractivity contribution in [3.63, 3.8) is 0 Å². The summed E-state index contributed by atoms with van der Waals surface area (Å²) in [5.41, 5.74) is -0.206. The number of amides is 2. The number of ether oxygens (including phenoxy) is 2. The van der Waals surface area contributed by atoms with E-state index in [1.165, 1.54) is 4.90 Å². The Labute approximate surface area is 161 Å². The minimum Gasteiger partial charge on any atom is -0.493 e. The molecule has 148 valence electrons. The molecule has 0 aliphatic carbocycles. The van der Waals surface area contributed by atoms with Gasteiger partial charge in [0.1, 0.15) is 6.10 Å². The summed E-state index contributed by atoms with van der Waals surface area (Å²) in [5, 5.41) is 0. The molecule has 6 nitrogen and oxygen atoms in total. The van der Waals surface area contributed by atoms with Gasteiger partial charge in [-0.1, -0.05) is 26.0 Å². The molecule has 6 heteroatoms. The van der Waals surface area contributed by atoms with Crippen molar-refractivity contribution >= 4 is 11.8 Å². The third-order valence-corrected chi connectivity index (χ3v) is 5.31. The lowest BCUT2D eigenvalue weighted by Crippen LogP contribution is -2.46. The summed E-state index contributed by atoms with van der Waals surface area (Å²) in [6, 6.07) is 7.70. The fourth-order valence-corrected chi connectivity index (χ4v) is 3.91. The van der Waals surface area contributed by atoms with E-state index in [9.17, 15) is 9.59 Å². The van der Waals surface area contributed by atoms with Crippen LogP contribution in [0.1, 0.15) is 39.5 Å². The molecule has 0 spiro atoms. The summed E-state index contributed by atoms with van der Waals surface area (Å²) in [6.07, 6.45) is 2.82. The van der Waals surface area contributed by atoms with Gasteiger partial charge in [0.15, 0.2) is 11.5 Å². The number of benzene rings is 1. The highest BCUT2D eigenvalue weighted by Crippen LogP contribution is 2.32. The molecule has 0 saturated carbocycles. The SMILES string of the molecule is COc1ccccc1OC1CCN(CCCN2C(=O)CC(C)(C)CC2=O)C1. The maximum atomic E-state index is 12.2. The molecule has 2 aliphatic heterocycles. The molecular weight excluding hydrogens is 344 g/mol. The van der Waals surface area contributed by atoms with Crippen LogP contribution in [0.4, 0.5) is 0 Å². The van der Waals surface area contributed by atoms with Gasteiger partial charge >= 0.3 is 0 Å². The van der Waals surface area contributed by atoms with Gasteiger partial charge in [-0.2, -0.15) is 0 Å². The van der Waals surface area contributed by atoms with Crippen LogP contribution in [0.25, 0.3) is 0 Å². The maximum absolute atomic E-state index is 12.2. The van der Waals surface area contributed by atoms with Gasteiger partial charge in [0, 0.05) is 32.5 Å². The number of imide groups is 1. The summed E-state index contributed by atoms with van der Waals surface area (Å²) < 4.78 is 11.4. The lowest BCUT2D eigenvalue weighted by atomic mass is 9.82. The standard InChI is InChI=1S/C21H30N2O4/c1-21(2)13-19(24)23(20(25)14-21)11-6-10-22-12-9-16(15-22)27-18-8-5-4-7-17(18)26-3/h4-5,7-8,16H,6,9-15H2,1-3H3. The fraction of sp³-hybridized carbons (Fsp3) is 0.619. The number of piperidine rings is 1. The monoisotopic (exact) mass is 374 g/mol. The molecule has 3 rings (SSSR count). The van der Waals surface area contributed by atoms with E-state index < -0.39 is 0 Å². The van der Waals surface area contributed by atoms with Crippen LogP contribution < -0.4 is 9.47 Å². The normalized spacial score (nSPS) is 22.9. The molecule has 0 N–H and O–H groups in total. The summed E-state index contributed by atoms with van der Waals surface area (Å²) >= 11 is 0. The number of hydrogen-bond donors (Lipinski definition) is 0. The quantitative estimate of drug-likeness (QED) is 0.687. The van der Waals surface area contributed by atoms with Gasteiger partial charge in [-0.15, -0.1) is 0 Å². The largest absolute Gasteiger partial charge is 0.493 e. The molecular formula is C21H30N2O4. The highest BCUT2D eigenvalue weighted by Gasteiger charge is 2.37. The van der Waals surface area contributed by atoms with Gasteiger partial charge in [0.05, 0.1) is 7.11 Å². The highest BCUT2D eigenvalue weighted by atomic mass is 16.5. The second-order valence-corrected chi connectivity index (χ2v) is 8.29. The van der Waals surface area contributed by atoms with Crippen LogP contribution in [0.5, 0.6) is 11.5 Å². The van der Waals surface area contributed by atoms with Crippen molar-refractivity contribution in [3.05, 3.63) is 24.3 Å². The molecule has 1 atom stereocenters.